The van der Waals surface area contributed by atoms with Crippen molar-refractivity contribution in [1.29, 1.82) is 0 Å². The van der Waals surface area contributed by atoms with Crippen LogP contribution >= 0.6 is 0 Å². The van der Waals surface area contributed by atoms with Gasteiger partial charge in [0.2, 0.25) is 0 Å². The van der Waals surface area contributed by atoms with Crippen LogP contribution in [0.5, 0.6) is 0 Å². The summed E-state index contributed by atoms with van der Waals surface area (Å²) in [5, 5.41) is 0. The first-order chi connectivity index (χ1) is 7.27. The van der Waals surface area contributed by atoms with Gasteiger partial charge in [-0.1, -0.05) is 25.3 Å². The zero-order valence-corrected chi connectivity index (χ0v) is 9.74. The molecule has 0 aliphatic heterocycles. The Balaban J connectivity index is 2.08. The highest BCUT2D eigenvalue weighted by Gasteiger charge is 2.18. The Hall–Kier alpha value is -1.05. The molecule has 2 rings (SSSR count). The molecule has 0 saturated heterocycles. The van der Waals surface area contributed by atoms with E-state index in [9.17, 15) is 0 Å². The van der Waals surface area contributed by atoms with Crippen LogP contribution in [0.2, 0.25) is 0 Å². The summed E-state index contributed by atoms with van der Waals surface area (Å²) in [7, 11) is 2.18. The van der Waals surface area contributed by atoms with Crippen molar-refractivity contribution in [3.8, 4) is 0 Å². The van der Waals surface area contributed by atoms with Crippen LogP contribution in [0, 0.1) is 6.92 Å². The minimum atomic E-state index is 0.702. The number of rotatable bonds is 2. The van der Waals surface area contributed by atoms with Crippen LogP contribution in [0.25, 0.3) is 0 Å². The number of hydrogen-bond acceptors (Lipinski definition) is 2. The fourth-order valence-corrected chi connectivity index (χ4v) is 2.38. The van der Waals surface area contributed by atoms with Gasteiger partial charge < -0.3 is 4.90 Å². The van der Waals surface area contributed by atoms with Gasteiger partial charge in [-0.05, 0) is 31.9 Å². The predicted molar refractivity (Wildman–Crippen MR) is 64.3 cm³/mol. The van der Waals surface area contributed by atoms with Gasteiger partial charge in [0.25, 0.3) is 0 Å². The van der Waals surface area contributed by atoms with Gasteiger partial charge in [0.15, 0.2) is 0 Å². The summed E-state index contributed by atoms with van der Waals surface area (Å²) in [5.41, 5.74) is 1.11. The Morgan fingerprint density at radius 3 is 2.60 bits per heavy atom. The van der Waals surface area contributed by atoms with Gasteiger partial charge in [0.05, 0.1) is 0 Å². The molecule has 0 radical (unpaired) electrons. The Kier molecular flexibility index (Phi) is 3.24. The maximum Gasteiger partial charge on any atom is 0.128 e. The molecule has 1 aliphatic carbocycles. The number of nitrogens with zero attached hydrogens (tertiary/aromatic N) is 2. The van der Waals surface area contributed by atoms with Gasteiger partial charge in [-0.15, -0.1) is 0 Å². The number of aryl methyl sites for hydroxylation is 1. The van der Waals surface area contributed by atoms with Gasteiger partial charge in [0, 0.05) is 18.8 Å². The zero-order chi connectivity index (χ0) is 10.7. The molecule has 0 N–H and O–H groups in total. The van der Waals surface area contributed by atoms with Crippen LogP contribution in [-0.2, 0) is 0 Å². The van der Waals surface area contributed by atoms with E-state index in [1.165, 1.54) is 32.1 Å². The molecule has 0 bridgehead atoms. The van der Waals surface area contributed by atoms with Crippen molar-refractivity contribution in [3.05, 3.63) is 23.9 Å². The van der Waals surface area contributed by atoms with Crippen LogP contribution in [0.3, 0.4) is 0 Å². The van der Waals surface area contributed by atoms with Gasteiger partial charge in [-0.3, -0.25) is 0 Å². The molecule has 1 saturated carbocycles. The maximum absolute atomic E-state index is 4.57. The quantitative estimate of drug-likeness (QED) is 0.735. The van der Waals surface area contributed by atoms with E-state index in [2.05, 4.69) is 42.1 Å². The summed E-state index contributed by atoms with van der Waals surface area (Å²) in [6.45, 7) is 2.05. The third-order valence-corrected chi connectivity index (χ3v) is 3.36. The monoisotopic (exact) mass is 204 g/mol. The van der Waals surface area contributed by atoms with E-state index >= 15 is 0 Å². The lowest BCUT2D eigenvalue weighted by atomic mass is 9.94. The molecule has 82 valence electrons. The van der Waals surface area contributed by atoms with Gasteiger partial charge in [-0.25, -0.2) is 4.98 Å². The topological polar surface area (TPSA) is 16.1 Å². The standard InChI is InChI=1S/C13H20N2/c1-11-7-6-10-13(14-11)15(2)12-8-4-3-5-9-12/h6-7,10,12H,3-5,8-9H2,1-2H3. The molecule has 0 unspecified atom stereocenters. The van der Waals surface area contributed by atoms with E-state index in [4.69, 9.17) is 0 Å². The molecule has 1 aliphatic rings. The van der Waals surface area contributed by atoms with Crippen LogP contribution in [0.1, 0.15) is 37.8 Å². The van der Waals surface area contributed by atoms with E-state index in [0.717, 1.165) is 11.5 Å². The summed E-state index contributed by atoms with van der Waals surface area (Å²) in [4.78, 5) is 6.93. The van der Waals surface area contributed by atoms with Gasteiger partial charge in [-0.2, -0.15) is 0 Å². The molecule has 0 atom stereocenters. The second kappa shape index (κ2) is 4.65. The molecule has 1 fully saturated rings. The van der Waals surface area contributed by atoms with Crippen molar-refractivity contribution < 1.29 is 0 Å². The van der Waals surface area contributed by atoms with Crippen LogP contribution < -0.4 is 4.90 Å². The molecule has 2 heteroatoms. The summed E-state index contributed by atoms with van der Waals surface area (Å²) in [5.74, 6) is 1.13. The number of hydrogen-bond donors (Lipinski definition) is 0. The number of anilines is 1. The van der Waals surface area contributed by atoms with Gasteiger partial charge >= 0.3 is 0 Å². The van der Waals surface area contributed by atoms with Crippen molar-refractivity contribution in [3.63, 3.8) is 0 Å². The smallest absolute Gasteiger partial charge is 0.128 e. The Bertz CT molecular complexity index is 316. The SMILES string of the molecule is Cc1cccc(N(C)C2CCCCC2)n1. The largest absolute Gasteiger partial charge is 0.357 e. The molecule has 0 aromatic carbocycles. The molecule has 15 heavy (non-hydrogen) atoms. The van der Waals surface area contributed by atoms with Crippen molar-refractivity contribution in [1.82, 2.24) is 4.98 Å². The van der Waals surface area contributed by atoms with Crippen molar-refractivity contribution in [2.24, 2.45) is 0 Å². The average molecular weight is 204 g/mol. The Morgan fingerprint density at radius 1 is 1.20 bits per heavy atom. The average Bonchev–Trinajstić information content (AvgIpc) is 2.29. The molecule has 1 heterocycles. The minimum absolute atomic E-state index is 0.702. The van der Waals surface area contributed by atoms with Crippen molar-refractivity contribution in [2.75, 3.05) is 11.9 Å². The van der Waals surface area contributed by atoms with E-state index in [1.54, 1.807) is 0 Å². The zero-order valence-electron chi connectivity index (χ0n) is 9.74. The molecular formula is C13H20N2. The lowest BCUT2D eigenvalue weighted by Gasteiger charge is -2.32. The predicted octanol–water partition coefficient (Wildman–Crippen LogP) is 3.16. The second-order valence-electron chi connectivity index (χ2n) is 4.54. The number of aromatic nitrogens is 1. The summed E-state index contributed by atoms with van der Waals surface area (Å²) < 4.78 is 0. The summed E-state index contributed by atoms with van der Waals surface area (Å²) in [6.07, 6.45) is 6.81. The highest BCUT2D eigenvalue weighted by molar-refractivity contribution is 5.39. The fourth-order valence-electron chi connectivity index (χ4n) is 2.38. The van der Waals surface area contributed by atoms with Crippen LogP contribution in [-0.4, -0.2) is 18.1 Å². The normalized spacial score (nSPS) is 17.7. The Labute approximate surface area is 92.3 Å². The van der Waals surface area contributed by atoms with E-state index in [-0.39, 0.29) is 0 Å². The second-order valence-corrected chi connectivity index (χ2v) is 4.54. The van der Waals surface area contributed by atoms with Gasteiger partial charge in [0.1, 0.15) is 5.82 Å². The van der Waals surface area contributed by atoms with E-state index < -0.39 is 0 Å². The Morgan fingerprint density at radius 2 is 1.93 bits per heavy atom. The molecule has 2 nitrogen and oxygen atoms in total. The first-order valence-electron chi connectivity index (χ1n) is 5.94. The number of pyridine rings is 1. The summed E-state index contributed by atoms with van der Waals surface area (Å²) in [6, 6.07) is 6.96. The summed E-state index contributed by atoms with van der Waals surface area (Å²) >= 11 is 0. The molecule has 0 amide bonds. The molecular weight excluding hydrogens is 184 g/mol. The third kappa shape index (κ3) is 2.49. The lowest BCUT2D eigenvalue weighted by Crippen LogP contribution is -2.33. The van der Waals surface area contributed by atoms with E-state index in [1.807, 2.05) is 0 Å². The molecule has 0 spiro atoms. The fraction of sp³-hybridized carbons (Fsp3) is 0.615. The highest BCUT2D eigenvalue weighted by Crippen LogP contribution is 2.24. The van der Waals surface area contributed by atoms with Crippen molar-refractivity contribution in [2.45, 2.75) is 45.1 Å². The lowest BCUT2D eigenvalue weighted by molar-refractivity contribution is 0.426. The van der Waals surface area contributed by atoms with Crippen LogP contribution in [0.4, 0.5) is 5.82 Å². The van der Waals surface area contributed by atoms with E-state index in [0.29, 0.717) is 6.04 Å². The molecule has 1 aromatic heterocycles. The van der Waals surface area contributed by atoms with Crippen LogP contribution in [0.15, 0.2) is 18.2 Å². The third-order valence-electron chi connectivity index (χ3n) is 3.36. The molecule has 1 aromatic rings. The highest BCUT2D eigenvalue weighted by atomic mass is 15.2. The first kappa shape index (κ1) is 10.5. The minimum Gasteiger partial charge on any atom is -0.357 e. The maximum atomic E-state index is 4.57. The van der Waals surface area contributed by atoms with Crippen molar-refractivity contribution >= 4 is 5.82 Å². The first-order valence-corrected chi connectivity index (χ1v) is 5.94.